The predicted molar refractivity (Wildman–Crippen MR) is 185 cm³/mol. The Kier molecular flexibility index (Phi) is 5.10. The van der Waals surface area contributed by atoms with E-state index < -0.39 is 7.14 Å². The molecule has 4 heteroatoms. The molecule has 45 heavy (non-hydrogen) atoms. The first kappa shape index (κ1) is 25.1. The molecule has 3 nitrogen and oxygen atoms in total. The smallest absolute Gasteiger partial charge is 0.175 e. The van der Waals surface area contributed by atoms with Crippen molar-refractivity contribution in [2.45, 2.75) is 5.92 Å². The molecule has 0 amide bonds. The summed E-state index contributed by atoms with van der Waals surface area (Å²) in [6.07, 6.45) is 11.4. The Morgan fingerprint density at radius 3 is 2.33 bits per heavy atom. The molecule has 0 saturated carbocycles. The van der Waals surface area contributed by atoms with E-state index in [2.05, 4.69) is 95.6 Å². The topological polar surface area (TPSA) is 34.9 Å². The third kappa shape index (κ3) is 3.26. The summed E-state index contributed by atoms with van der Waals surface area (Å²) in [6, 6.07) is 41.8. The van der Waals surface area contributed by atoms with Crippen LogP contribution in [-0.4, -0.2) is 9.55 Å². The van der Waals surface area contributed by atoms with Gasteiger partial charge in [0.2, 0.25) is 0 Å². The molecule has 10 rings (SSSR count). The van der Waals surface area contributed by atoms with Gasteiger partial charge in [-0.3, -0.25) is 4.57 Å². The molecule has 6 aromatic rings. The molecule has 0 radical (unpaired) electrons. The summed E-state index contributed by atoms with van der Waals surface area (Å²) in [5.74, 6) is 1.41. The van der Waals surface area contributed by atoms with E-state index in [9.17, 15) is 0 Å². The van der Waals surface area contributed by atoms with Crippen LogP contribution in [0.5, 0.6) is 0 Å². The number of hydrogen-bond acceptors (Lipinski definition) is 2. The van der Waals surface area contributed by atoms with Gasteiger partial charge in [0.05, 0.1) is 22.0 Å². The van der Waals surface area contributed by atoms with E-state index >= 15 is 4.57 Å². The molecule has 4 aliphatic rings. The Balaban J connectivity index is 1.31. The van der Waals surface area contributed by atoms with Gasteiger partial charge in [-0.2, -0.15) is 0 Å². The van der Waals surface area contributed by atoms with Gasteiger partial charge < -0.3 is 4.57 Å². The van der Waals surface area contributed by atoms with Crippen LogP contribution in [0.25, 0.3) is 39.3 Å². The van der Waals surface area contributed by atoms with E-state index in [1.54, 1.807) is 0 Å². The van der Waals surface area contributed by atoms with Crippen molar-refractivity contribution in [2.24, 2.45) is 5.92 Å². The molecular weight excluding hydrogens is 567 g/mol. The predicted octanol–water partition coefficient (Wildman–Crippen LogP) is 8.34. The highest BCUT2D eigenvalue weighted by atomic mass is 31.2. The molecule has 3 aliphatic carbocycles. The maximum atomic E-state index is 16.2. The van der Waals surface area contributed by atoms with E-state index in [0.29, 0.717) is 5.92 Å². The van der Waals surface area contributed by atoms with Crippen LogP contribution < -0.4 is 15.9 Å². The van der Waals surface area contributed by atoms with Gasteiger partial charge in [0.25, 0.3) is 0 Å². The maximum absolute atomic E-state index is 16.2. The highest BCUT2D eigenvalue weighted by Gasteiger charge is 2.44. The number of allylic oxidation sites excluding steroid dienone is 8. The molecule has 1 aliphatic heterocycles. The minimum absolute atomic E-state index is 0.245. The van der Waals surface area contributed by atoms with Crippen LogP contribution in [0.15, 0.2) is 157 Å². The Hall–Kier alpha value is -5.24. The Morgan fingerprint density at radius 2 is 1.47 bits per heavy atom. The molecule has 0 N–H and O–H groups in total. The van der Waals surface area contributed by atoms with Crippen LogP contribution in [0, 0.1) is 5.92 Å². The van der Waals surface area contributed by atoms with Crippen molar-refractivity contribution in [1.29, 1.82) is 0 Å². The molecule has 0 bridgehead atoms. The van der Waals surface area contributed by atoms with Crippen LogP contribution in [-0.2, 0) is 4.57 Å². The number of para-hydroxylation sites is 1. The van der Waals surface area contributed by atoms with Crippen molar-refractivity contribution in [1.82, 2.24) is 9.55 Å². The number of aromatic nitrogens is 2. The second kappa shape index (κ2) is 9.14. The molecule has 0 spiro atoms. The van der Waals surface area contributed by atoms with Crippen molar-refractivity contribution in [2.75, 3.05) is 0 Å². The third-order valence-corrected chi connectivity index (χ3v) is 13.2. The van der Waals surface area contributed by atoms with E-state index in [1.807, 2.05) is 60.7 Å². The minimum atomic E-state index is -3.33. The molecule has 0 fully saturated rings. The lowest BCUT2D eigenvalue weighted by Gasteiger charge is -2.34. The van der Waals surface area contributed by atoms with Gasteiger partial charge in [-0.1, -0.05) is 134 Å². The standard InChI is InChI=1S/C41H27N2OP/c44-45(27-14-5-2-6-15-27)37-23-11-21-35-39(37)43(41(42-35)26-12-3-1-4-13-26)36-22-10-20-34(40(36)45)30-24-25-33-29-17-8-7-16-28(29)31-18-9-19-32(30)38(31)33/h1-25,33,38H. The third-order valence-electron chi connectivity index (χ3n) is 10.00. The highest BCUT2D eigenvalue weighted by Crippen LogP contribution is 2.57. The zero-order valence-electron chi connectivity index (χ0n) is 24.3. The van der Waals surface area contributed by atoms with Gasteiger partial charge in [0.15, 0.2) is 7.14 Å². The van der Waals surface area contributed by atoms with Crippen LogP contribution in [0.2, 0.25) is 0 Å². The lowest BCUT2D eigenvalue weighted by Crippen LogP contribution is -2.35. The van der Waals surface area contributed by atoms with Gasteiger partial charge in [0.1, 0.15) is 5.82 Å². The summed E-state index contributed by atoms with van der Waals surface area (Å²) in [7, 11) is -3.33. The number of imidazole rings is 1. The van der Waals surface area contributed by atoms with Gasteiger partial charge in [-0.15, -0.1) is 0 Å². The number of hydrogen-bond donors (Lipinski definition) is 0. The van der Waals surface area contributed by atoms with E-state index in [-0.39, 0.29) is 5.92 Å². The Bertz CT molecular complexity index is 2410. The fourth-order valence-electron chi connectivity index (χ4n) is 8.18. The lowest BCUT2D eigenvalue weighted by atomic mass is 9.74. The SMILES string of the molecule is O=P1(c2ccccc2)c2c(C3=C4C=CC=C5c6ccccc6C(C=C3)C54)cccc2-n2c(-c3ccccc3)nc3cccc1c32. The van der Waals surface area contributed by atoms with Gasteiger partial charge >= 0.3 is 0 Å². The summed E-state index contributed by atoms with van der Waals surface area (Å²) in [5, 5.41) is 2.57. The van der Waals surface area contributed by atoms with Gasteiger partial charge in [-0.25, -0.2) is 4.98 Å². The van der Waals surface area contributed by atoms with Crippen LogP contribution in [0.1, 0.15) is 22.6 Å². The van der Waals surface area contributed by atoms with E-state index in [4.69, 9.17) is 4.98 Å². The zero-order chi connectivity index (χ0) is 29.7. The van der Waals surface area contributed by atoms with Crippen molar-refractivity contribution < 1.29 is 4.57 Å². The Labute approximate surface area is 261 Å². The zero-order valence-corrected chi connectivity index (χ0v) is 25.2. The fraction of sp³-hybridized carbons (Fsp3) is 0.0488. The second-order valence-corrected chi connectivity index (χ2v) is 14.9. The molecule has 3 unspecified atom stereocenters. The number of fused-ring (bicyclic) bond motifs is 5. The molecular formula is C41H27N2OP. The molecule has 1 aromatic heterocycles. The Morgan fingerprint density at radius 1 is 0.711 bits per heavy atom. The largest absolute Gasteiger partial charge is 0.308 e. The van der Waals surface area contributed by atoms with Crippen molar-refractivity contribution in [3.8, 4) is 17.1 Å². The second-order valence-electron chi connectivity index (χ2n) is 12.2. The normalized spacial score (nSPS) is 21.8. The lowest BCUT2D eigenvalue weighted by molar-refractivity contribution is 0.592. The summed E-state index contributed by atoms with van der Waals surface area (Å²) in [6.45, 7) is 0. The van der Waals surface area contributed by atoms with Crippen LogP contribution >= 0.6 is 7.14 Å². The van der Waals surface area contributed by atoms with Gasteiger partial charge in [0, 0.05) is 28.0 Å². The number of rotatable bonds is 3. The first-order valence-electron chi connectivity index (χ1n) is 15.5. The van der Waals surface area contributed by atoms with Crippen molar-refractivity contribution >= 4 is 45.2 Å². The summed E-state index contributed by atoms with van der Waals surface area (Å²) >= 11 is 0. The summed E-state index contributed by atoms with van der Waals surface area (Å²) in [5.41, 5.74) is 11.3. The average Bonchev–Trinajstić information content (AvgIpc) is 3.66. The monoisotopic (exact) mass is 594 g/mol. The quantitative estimate of drug-likeness (QED) is 0.193. The fourth-order valence-corrected chi connectivity index (χ4v) is 11.4. The van der Waals surface area contributed by atoms with E-state index in [1.165, 1.54) is 22.3 Å². The molecule has 5 aromatic carbocycles. The van der Waals surface area contributed by atoms with Crippen molar-refractivity contribution in [3.05, 3.63) is 174 Å². The molecule has 2 heterocycles. The minimum Gasteiger partial charge on any atom is -0.308 e. The molecule has 212 valence electrons. The van der Waals surface area contributed by atoms with E-state index in [0.717, 1.165) is 55.2 Å². The van der Waals surface area contributed by atoms with Crippen molar-refractivity contribution in [3.63, 3.8) is 0 Å². The molecule has 3 atom stereocenters. The number of benzene rings is 5. The van der Waals surface area contributed by atoms with Crippen LogP contribution in [0.4, 0.5) is 0 Å². The first-order chi connectivity index (χ1) is 22.2. The first-order valence-corrected chi connectivity index (χ1v) is 17.2. The summed E-state index contributed by atoms with van der Waals surface area (Å²) < 4.78 is 18.5. The highest BCUT2D eigenvalue weighted by molar-refractivity contribution is 7.86. The average molecular weight is 595 g/mol. The maximum Gasteiger partial charge on any atom is 0.175 e. The summed E-state index contributed by atoms with van der Waals surface area (Å²) in [4.78, 5) is 5.17. The van der Waals surface area contributed by atoms with Crippen LogP contribution in [0.3, 0.4) is 0 Å². The number of nitrogens with zero attached hydrogens (tertiary/aromatic N) is 2. The van der Waals surface area contributed by atoms with Gasteiger partial charge in [-0.05, 0) is 51.6 Å². The molecule has 0 saturated heterocycles.